The largest absolute Gasteiger partial charge is 0.382 e. The molecule has 0 aliphatic carbocycles. The van der Waals surface area contributed by atoms with Gasteiger partial charge in [-0.05, 0) is 22.0 Å². The smallest absolute Gasteiger partial charge is 0.270 e. The number of ether oxygens (including phenoxy) is 2. The fourth-order valence-corrected chi connectivity index (χ4v) is 1.80. The minimum atomic E-state index is -0.545. The Labute approximate surface area is 124 Å². The maximum absolute atomic E-state index is 11.9. The summed E-state index contributed by atoms with van der Waals surface area (Å²) in [5.74, 6) is -0.393. The maximum atomic E-state index is 11.9. The van der Waals surface area contributed by atoms with Gasteiger partial charge in [-0.2, -0.15) is 0 Å². The van der Waals surface area contributed by atoms with Crippen LogP contribution in [0.25, 0.3) is 0 Å². The molecule has 0 unspecified atom stereocenters. The van der Waals surface area contributed by atoms with Crippen molar-refractivity contribution in [2.24, 2.45) is 0 Å². The number of hydrogen-bond donors (Lipinski definition) is 1. The number of halogens is 1. The van der Waals surface area contributed by atoms with Crippen molar-refractivity contribution in [2.45, 2.75) is 0 Å². The molecule has 0 heterocycles. The van der Waals surface area contributed by atoms with E-state index in [1.165, 1.54) is 18.2 Å². The van der Waals surface area contributed by atoms with Crippen molar-refractivity contribution in [3.8, 4) is 0 Å². The Morgan fingerprint density at radius 2 is 2.15 bits per heavy atom. The van der Waals surface area contributed by atoms with Gasteiger partial charge in [-0.1, -0.05) is 0 Å². The summed E-state index contributed by atoms with van der Waals surface area (Å²) < 4.78 is 10.5. The normalized spacial score (nSPS) is 10.3. The van der Waals surface area contributed by atoms with Gasteiger partial charge in [0.25, 0.3) is 11.6 Å². The molecule has 0 aliphatic heterocycles. The molecule has 20 heavy (non-hydrogen) atoms. The summed E-state index contributed by atoms with van der Waals surface area (Å²) in [5, 5.41) is 13.3. The number of nitro groups is 1. The third-order valence-corrected chi connectivity index (χ3v) is 3.06. The molecule has 1 aromatic carbocycles. The van der Waals surface area contributed by atoms with Gasteiger partial charge in [0.2, 0.25) is 0 Å². The summed E-state index contributed by atoms with van der Waals surface area (Å²) in [5.41, 5.74) is 0.0887. The number of rotatable bonds is 8. The summed E-state index contributed by atoms with van der Waals surface area (Å²) in [4.78, 5) is 22.0. The molecule has 1 N–H and O–H groups in total. The summed E-state index contributed by atoms with van der Waals surface area (Å²) in [6.45, 7) is 1.61. The number of amides is 1. The van der Waals surface area contributed by atoms with Gasteiger partial charge < -0.3 is 14.8 Å². The molecule has 0 saturated carbocycles. The zero-order chi connectivity index (χ0) is 15.0. The number of nitrogens with zero attached hydrogens (tertiary/aromatic N) is 1. The molecule has 1 amide bonds. The number of nitro benzene ring substituents is 1. The van der Waals surface area contributed by atoms with Crippen molar-refractivity contribution < 1.29 is 19.2 Å². The monoisotopic (exact) mass is 346 g/mol. The highest BCUT2D eigenvalue weighted by atomic mass is 79.9. The number of hydrogen-bond acceptors (Lipinski definition) is 5. The average molecular weight is 347 g/mol. The number of benzene rings is 1. The van der Waals surface area contributed by atoms with E-state index in [9.17, 15) is 14.9 Å². The van der Waals surface area contributed by atoms with E-state index in [1.54, 1.807) is 7.11 Å². The van der Waals surface area contributed by atoms with Crippen LogP contribution in [0.3, 0.4) is 0 Å². The van der Waals surface area contributed by atoms with Crippen LogP contribution in [0.2, 0.25) is 0 Å². The summed E-state index contributed by atoms with van der Waals surface area (Å²) >= 11 is 3.19. The van der Waals surface area contributed by atoms with Gasteiger partial charge in [0.15, 0.2) is 0 Å². The molecule has 0 aliphatic rings. The fourth-order valence-electron chi connectivity index (χ4n) is 1.38. The molecule has 0 saturated heterocycles. The number of nitrogens with one attached hydrogen (secondary N) is 1. The zero-order valence-electron chi connectivity index (χ0n) is 10.9. The SMILES string of the molecule is COCCOCCNC(=O)c1cc([N+](=O)[O-])ccc1Br. The van der Waals surface area contributed by atoms with Crippen molar-refractivity contribution in [2.75, 3.05) is 33.5 Å². The molecule has 0 aromatic heterocycles. The van der Waals surface area contributed by atoms with Gasteiger partial charge in [-0.15, -0.1) is 0 Å². The molecule has 7 nitrogen and oxygen atoms in total. The van der Waals surface area contributed by atoms with Gasteiger partial charge in [0.05, 0.1) is 30.3 Å². The van der Waals surface area contributed by atoms with E-state index in [1.807, 2.05) is 0 Å². The second-order valence-electron chi connectivity index (χ2n) is 3.78. The molecule has 0 bridgehead atoms. The van der Waals surface area contributed by atoms with Crippen LogP contribution in [-0.2, 0) is 9.47 Å². The molecular weight excluding hydrogens is 332 g/mol. The fraction of sp³-hybridized carbons (Fsp3) is 0.417. The molecular formula is C12H15BrN2O5. The predicted molar refractivity (Wildman–Crippen MR) is 75.8 cm³/mol. The van der Waals surface area contributed by atoms with Crippen LogP contribution in [0, 0.1) is 10.1 Å². The van der Waals surface area contributed by atoms with Crippen LogP contribution in [0.15, 0.2) is 22.7 Å². The highest BCUT2D eigenvalue weighted by Gasteiger charge is 2.14. The number of non-ortho nitro benzene ring substituents is 1. The third kappa shape index (κ3) is 5.24. The van der Waals surface area contributed by atoms with Crippen molar-refractivity contribution in [1.82, 2.24) is 5.32 Å². The van der Waals surface area contributed by atoms with E-state index in [0.29, 0.717) is 30.8 Å². The topological polar surface area (TPSA) is 90.7 Å². The van der Waals surface area contributed by atoms with Crippen LogP contribution < -0.4 is 5.32 Å². The second-order valence-corrected chi connectivity index (χ2v) is 4.64. The molecule has 8 heteroatoms. The average Bonchev–Trinajstić information content (AvgIpc) is 2.42. The number of methoxy groups -OCH3 is 1. The van der Waals surface area contributed by atoms with Gasteiger partial charge in [-0.25, -0.2) is 0 Å². The summed E-state index contributed by atoms with van der Waals surface area (Å²) in [6.07, 6.45) is 0. The molecule has 0 fully saturated rings. The molecule has 0 atom stereocenters. The lowest BCUT2D eigenvalue weighted by Gasteiger charge is -2.07. The van der Waals surface area contributed by atoms with Crippen LogP contribution >= 0.6 is 15.9 Å². The predicted octanol–water partition coefficient (Wildman–Crippen LogP) is 1.75. The molecule has 1 aromatic rings. The van der Waals surface area contributed by atoms with E-state index < -0.39 is 10.8 Å². The summed E-state index contributed by atoms with van der Waals surface area (Å²) in [7, 11) is 1.57. The minimum absolute atomic E-state index is 0.130. The molecule has 0 spiro atoms. The van der Waals surface area contributed by atoms with Crippen LogP contribution in [0.5, 0.6) is 0 Å². The van der Waals surface area contributed by atoms with Crippen LogP contribution in [0.4, 0.5) is 5.69 Å². The minimum Gasteiger partial charge on any atom is -0.382 e. The zero-order valence-corrected chi connectivity index (χ0v) is 12.5. The van der Waals surface area contributed by atoms with Crippen molar-refractivity contribution in [3.05, 3.63) is 38.3 Å². The van der Waals surface area contributed by atoms with Gasteiger partial charge in [0, 0.05) is 30.3 Å². The van der Waals surface area contributed by atoms with Gasteiger partial charge >= 0.3 is 0 Å². The summed E-state index contributed by atoms with van der Waals surface area (Å²) in [6, 6.07) is 4.03. The Balaban J connectivity index is 2.50. The first kappa shape index (κ1) is 16.5. The Bertz CT molecular complexity index is 481. The Morgan fingerprint density at radius 3 is 2.80 bits per heavy atom. The van der Waals surface area contributed by atoms with Crippen molar-refractivity contribution in [1.29, 1.82) is 0 Å². The first-order chi connectivity index (χ1) is 9.56. The Hall–Kier alpha value is -1.51. The lowest BCUT2D eigenvalue weighted by Crippen LogP contribution is -2.28. The van der Waals surface area contributed by atoms with Crippen molar-refractivity contribution >= 4 is 27.5 Å². The lowest BCUT2D eigenvalue weighted by atomic mass is 10.2. The van der Waals surface area contributed by atoms with Crippen molar-refractivity contribution in [3.63, 3.8) is 0 Å². The van der Waals surface area contributed by atoms with E-state index in [2.05, 4.69) is 21.2 Å². The van der Waals surface area contributed by atoms with Gasteiger partial charge in [-0.3, -0.25) is 14.9 Å². The Kier molecular flexibility index (Phi) is 7.13. The maximum Gasteiger partial charge on any atom is 0.270 e. The Morgan fingerprint density at radius 1 is 1.40 bits per heavy atom. The standard InChI is InChI=1S/C12H15BrN2O5/c1-19-6-7-20-5-4-14-12(16)10-8-9(15(17)18)2-3-11(10)13/h2-3,8H,4-7H2,1H3,(H,14,16). The highest BCUT2D eigenvalue weighted by molar-refractivity contribution is 9.10. The van der Waals surface area contributed by atoms with Crippen LogP contribution in [0.1, 0.15) is 10.4 Å². The second kappa shape index (κ2) is 8.62. The third-order valence-electron chi connectivity index (χ3n) is 2.37. The quantitative estimate of drug-likeness (QED) is 0.440. The van der Waals surface area contributed by atoms with E-state index >= 15 is 0 Å². The number of carbonyl (C=O) groups is 1. The van der Waals surface area contributed by atoms with E-state index in [0.717, 1.165) is 0 Å². The lowest BCUT2D eigenvalue weighted by molar-refractivity contribution is -0.384. The molecule has 1 rings (SSSR count). The first-order valence-electron chi connectivity index (χ1n) is 5.85. The molecule has 110 valence electrons. The van der Waals surface area contributed by atoms with Gasteiger partial charge in [0.1, 0.15) is 0 Å². The highest BCUT2D eigenvalue weighted by Crippen LogP contribution is 2.22. The van der Waals surface area contributed by atoms with Crippen LogP contribution in [-0.4, -0.2) is 44.3 Å². The van der Waals surface area contributed by atoms with E-state index in [-0.39, 0.29) is 11.3 Å². The first-order valence-corrected chi connectivity index (χ1v) is 6.64. The molecule has 0 radical (unpaired) electrons. The number of carbonyl (C=O) groups excluding carboxylic acids is 1. The van der Waals surface area contributed by atoms with E-state index in [4.69, 9.17) is 9.47 Å².